The Bertz CT molecular complexity index is 390. The van der Waals surface area contributed by atoms with Crippen molar-refractivity contribution >= 4 is 11.9 Å². The number of hydrogen-bond donors (Lipinski definition) is 2. The van der Waals surface area contributed by atoms with Gasteiger partial charge in [-0.05, 0) is 32.1 Å². The standard InChI is InChI=1S/C18H36N4O2/c1-6-24-16(14(2)3)11-12-19-18(20-13-17(23)22(4)5)21-15-9-7-8-10-15/h14-16H,6-13H2,1-5H3,(H2,19,20,21). The summed E-state index contributed by atoms with van der Waals surface area (Å²) in [7, 11) is 3.51. The maximum Gasteiger partial charge on any atom is 0.243 e. The third-order valence-corrected chi connectivity index (χ3v) is 4.41. The number of likely N-dealkylation sites (N-methyl/N-ethyl adjacent to an activating group) is 1. The summed E-state index contributed by atoms with van der Waals surface area (Å²) in [4.78, 5) is 17.8. The molecule has 1 rings (SSSR count). The van der Waals surface area contributed by atoms with Gasteiger partial charge in [-0.2, -0.15) is 0 Å². The first-order chi connectivity index (χ1) is 11.4. The van der Waals surface area contributed by atoms with Gasteiger partial charge < -0.3 is 20.3 Å². The first-order valence-corrected chi connectivity index (χ1v) is 9.30. The molecular weight excluding hydrogens is 304 g/mol. The van der Waals surface area contributed by atoms with E-state index >= 15 is 0 Å². The van der Waals surface area contributed by atoms with Gasteiger partial charge in [0, 0.05) is 33.3 Å². The molecule has 0 aromatic carbocycles. The Balaban J connectivity index is 2.53. The fraction of sp³-hybridized carbons (Fsp3) is 0.889. The van der Waals surface area contributed by atoms with E-state index in [0.29, 0.717) is 12.0 Å². The number of amides is 1. The maximum atomic E-state index is 11.8. The lowest BCUT2D eigenvalue weighted by atomic mass is 10.0. The molecule has 1 atom stereocenters. The van der Waals surface area contributed by atoms with E-state index in [0.717, 1.165) is 25.5 Å². The first kappa shape index (κ1) is 20.7. The average molecular weight is 341 g/mol. The average Bonchev–Trinajstić information content (AvgIpc) is 3.03. The monoisotopic (exact) mass is 340 g/mol. The SMILES string of the molecule is CCOC(CCNC(=NCC(=O)N(C)C)NC1CCCC1)C(C)C. The van der Waals surface area contributed by atoms with Crippen molar-refractivity contribution in [2.75, 3.05) is 33.8 Å². The summed E-state index contributed by atoms with van der Waals surface area (Å²) in [6.45, 7) is 8.10. The molecular formula is C18H36N4O2. The zero-order chi connectivity index (χ0) is 17.9. The number of nitrogens with zero attached hydrogens (tertiary/aromatic N) is 2. The van der Waals surface area contributed by atoms with Crippen LogP contribution in [0.25, 0.3) is 0 Å². The molecule has 1 aliphatic carbocycles. The topological polar surface area (TPSA) is 66.0 Å². The zero-order valence-electron chi connectivity index (χ0n) is 16.1. The molecule has 0 saturated heterocycles. The van der Waals surface area contributed by atoms with E-state index in [9.17, 15) is 4.79 Å². The molecule has 24 heavy (non-hydrogen) atoms. The molecule has 0 radical (unpaired) electrons. The van der Waals surface area contributed by atoms with E-state index < -0.39 is 0 Å². The summed E-state index contributed by atoms with van der Waals surface area (Å²) < 4.78 is 5.79. The second kappa shape index (κ2) is 11.3. The Kier molecular flexibility index (Phi) is 9.76. The van der Waals surface area contributed by atoms with Crippen molar-refractivity contribution in [2.24, 2.45) is 10.9 Å². The normalized spacial score (nSPS) is 17.2. The number of rotatable bonds is 9. The predicted molar refractivity (Wildman–Crippen MR) is 99.3 cm³/mol. The van der Waals surface area contributed by atoms with Crippen molar-refractivity contribution in [1.82, 2.24) is 15.5 Å². The summed E-state index contributed by atoms with van der Waals surface area (Å²) in [6, 6.07) is 0.471. The number of guanidine groups is 1. The molecule has 6 heteroatoms. The van der Waals surface area contributed by atoms with Crippen molar-refractivity contribution in [1.29, 1.82) is 0 Å². The molecule has 6 nitrogen and oxygen atoms in total. The summed E-state index contributed by atoms with van der Waals surface area (Å²) in [5.41, 5.74) is 0. The number of hydrogen-bond acceptors (Lipinski definition) is 3. The summed E-state index contributed by atoms with van der Waals surface area (Å²) >= 11 is 0. The highest BCUT2D eigenvalue weighted by Gasteiger charge is 2.17. The molecule has 0 aliphatic heterocycles. The Morgan fingerprint density at radius 3 is 2.50 bits per heavy atom. The van der Waals surface area contributed by atoms with Gasteiger partial charge in [0.05, 0.1) is 6.10 Å². The van der Waals surface area contributed by atoms with Crippen LogP contribution in [0.4, 0.5) is 0 Å². The zero-order valence-corrected chi connectivity index (χ0v) is 16.1. The van der Waals surface area contributed by atoms with Crippen LogP contribution in [-0.2, 0) is 9.53 Å². The summed E-state index contributed by atoms with van der Waals surface area (Å²) in [6.07, 6.45) is 6.06. The van der Waals surface area contributed by atoms with Gasteiger partial charge in [0.1, 0.15) is 6.54 Å². The lowest BCUT2D eigenvalue weighted by Crippen LogP contribution is -2.44. The third kappa shape index (κ3) is 7.99. The number of nitrogens with one attached hydrogen (secondary N) is 2. The van der Waals surface area contributed by atoms with Crippen molar-refractivity contribution < 1.29 is 9.53 Å². The minimum Gasteiger partial charge on any atom is -0.378 e. The number of carbonyl (C=O) groups is 1. The van der Waals surface area contributed by atoms with Crippen LogP contribution in [-0.4, -0.2) is 62.7 Å². The maximum absolute atomic E-state index is 11.8. The smallest absolute Gasteiger partial charge is 0.243 e. The van der Waals surface area contributed by atoms with Gasteiger partial charge in [-0.25, -0.2) is 4.99 Å². The molecule has 1 saturated carbocycles. The van der Waals surface area contributed by atoms with E-state index in [1.807, 2.05) is 6.92 Å². The first-order valence-electron chi connectivity index (χ1n) is 9.30. The van der Waals surface area contributed by atoms with Crippen LogP contribution in [0.15, 0.2) is 4.99 Å². The molecule has 2 N–H and O–H groups in total. The highest BCUT2D eigenvalue weighted by atomic mass is 16.5. The number of carbonyl (C=O) groups excluding carboxylic acids is 1. The number of ether oxygens (including phenoxy) is 1. The van der Waals surface area contributed by atoms with Crippen molar-refractivity contribution in [2.45, 2.75) is 65.0 Å². The highest BCUT2D eigenvalue weighted by Crippen LogP contribution is 2.17. The van der Waals surface area contributed by atoms with Crippen LogP contribution in [0, 0.1) is 5.92 Å². The summed E-state index contributed by atoms with van der Waals surface area (Å²) in [5, 5.41) is 6.85. The van der Waals surface area contributed by atoms with Gasteiger partial charge in [0.25, 0.3) is 0 Å². The van der Waals surface area contributed by atoms with Gasteiger partial charge in [0.15, 0.2) is 5.96 Å². The van der Waals surface area contributed by atoms with E-state index in [4.69, 9.17) is 4.74 Å². The van der Waals surface area contributed by atoms with Crippen LogP contribution in [0.3, 0.4) is 0 Å². The molecule has 0 aromatic heterocycles. The third-order valence-electron chi connectivity index (χ3n) is 4.41. The lowest BCUT2D eigenvalue weighted by molar-refractivity contribution is -0.127. The van der Waals surface area contributed by atoms with E-state index in [1.54, 1.807) is 19.0 Å². The largest absolute Gasteiger partial charge is 0.378 e. The van der Waals surface area contributed by atoms with Crippen LogP contribution in [0.1, 0.15) is 52.9 Å². The van der Waals surface area contributed by atoms with Gasteiger partial charge in [-0.15, -0.1) is 0 Å². The van der Waals surface area contributed by atoms with Crippen molar-refractivity contribution in [3.05, 3.63) is 0 Å². The van der Waals surface area contributed by atoms with Crippen molar-refractivity contribution in [3.8, 4) is 0 Å². The number of aliphatic imine (C=N–C) groups is 1. The molecule has 140 valence electrons. The molecule has 1 unspecified atom stereocenters. The van der Waals surface area contributed by atoms with Gasteiger partial charge in [-0.3, -0.25) is 4.79 Å². The fourth-order valence-electron chi connectivity index (χ4n) is 2.86. The molecule has 0 bridgehead atoms. The molecule has 0 aromatic rings. The van der Waals surface area contributed by atoms with Crippen LogP contribution >= 0.6 is 0 Å². The van der Waals surface area contributed by atoms with Gasteiger partial charge >= 0.3 is 0 Å². The van der Waals surface area contributed by atoms with Gasteiger partial charge in [-0.1, -0.05) is 26.7 Å². The molecule has 1 amide bonds. The second-order valence-corrected chi connectivity index (χ2v) is 7.03. The van der Waals surface area contributed by atoms with E-state index in [2.05, 4.69) is 29.5 Å². The fourth-order valence-corrected chi connectivity index (χ4v) is 2.86. The molecule has 0 heterocycles. The van der Waals surface area contributed by atoms with E-state index in [1.165, 1.54) is 25.7 Å². The minimum absolute atomic E-state index is 0.0110. The Morgan fingerprint density at radius 1 is 1.29 bits per heavy atom. The minimum atomic E-state index is 0.0110. The summed E-state index contributed by atoms with van der Waals surface area (Å²) in [5.74, 6) is 1.25. The molecule has 1 aliphatic rings. The Hall–Kier alpha value is -1.30. The van der Waals surface area contributed by atoms with Crippen LogP contribution in [0.5, 0.6) is 0 Å². The molecule has 0 spiro atoms. The van der Waals surface area contributed by atoms with Gasteiger partial charge in [0.2, 0.25) is 5.91 Å². The van der Waals surface area contributed by atoms with E-state index in [-0.39, 0.29) is 18.6 Å². The predicted octanol–water partition coefficient (Wildman–Crippen LogP) is 2.00. The lowest BCUT2D eigenvalue weighted by Gasteiger charge is -2.22. The van der Waals surface area contributed by atoms with Crippen LogP contribution in [0.2, 0.25) is 0 Å². The Labute approximate surface area is 147 Å². The molecule has 1 fully saturated rings. The quantitative estimate of drug-likeness (QED) is 0.498. The van der Waals surface area contributed by atoms with Crippen LogP contribution < -0.4 is 10.6 Å². The Morgan fingerprint density at radius 2 is 1.96 bits per heavy atom. The second-order valence-electron chi connectivity index (χ2n) is 7.03. The highest BCUT2D eigenvalue weighted by molar-refractivity contribution is 5.84. The van der Waals surface area contributed by atoms with Crippen molar-refractivity contribution in [3.63, 3.8) is 0 Å².